The van der Waals surface area contributed by atoms with Crippen LogP contribution in [0.15, 0.2) is 36.4 Å². The monoisotopic (exact) mass is 442 g/mol. The zero-order chi connectivity index (χ0) is 21.9. The third-order valence-electron chi connectivity index (χ3n) is 5.54. The summed E-state index contributed by atoms with van der Waals surface area (Å²) in [5.41, 5.74) is 0.917. The van der Waals surface area contributed by atoms with Crippen LogP contribution >= 0.6 is 11.6 Å². The molecule has 0 saturated carbocycles. The lowest BCUT2D eigenvalue weighted by atomic mass is 10.0. The van der Waals surface area contributed by atoms with Crippen molar-refractivity contribution in [1.82, 2.24) is 4.90 Å². The van der Waals surface area contributed by atoms with Gasteiger partial charge in [-0.25, -0.2) is 0 Å². The number of anilines is 1. The standard InChI is InChI=1S/C22H26ClF3N2O2/c1-15(12-16-4-7-20(29-2)21(13-16)30-3)27-8-10-28(11-9-27)17-5-6-19(23)18(14-17)22(24,25)26/h4-7,13-15H,8-12H2,1-3H3/t15-/m1/s1. The van der Waals surface area contributed by atoms with Crippen LogP contribution in [0.4, 0.5) is 18.9 Å². The van der Waals surface area contributed by atoms with Gasteiger partial charge in [0.1, 0.15) is 0 Å². The van der Waals surface area contributed by atoms with Crippen molar-refractivity contribution in [3.8, 4) is 11.5 Å². The molecule has 0 radical (unpaired) electrons. The van der Waals surface area contributed by atoms with E-state index in [1.807, 2.05) is 23.1 Å². The Morgan fingerprint density at radius 2 is 1.63 bits per heavy atom. The third kappa shape index (κ3) is 5.13. The molecule has 1 fully saturated rings. The van der Waals surface area contributed by atoms with Crippen LogP contribution in [0, 0.1) is 0 Å². The van der Waals surface area contributed by atoms with Gasteiger partial charge in [-0.3, -0.25) is 4.90 Å². The van der Waals surface area contributed by atoms with Gasteiger partial charge in [-0.2, -0.15) is 13.2 Å². The van der Waals surface area contributed by atoms with Crippen molar-refractivity contribution in [3.63, 3.8) is 0 Å². The SMILES string of the molecule is COc1ccc(C[C@@H](C)N2CCN(c3ccc(Cl)c(C(F)(F)F)c3)CC2)cc1OC. The van der Waals surface area contributed by atoms with Gasteiger partial charge in [-0.05, 0) is 49.2 Å². The zero-order valence-electron chi connectivity index (χ0n) is 17.3. The maximum absolute atomic E-state index is 13.1. The molecule has 4 nitrogen and oxygen atoms in total. The summed E-state index contributed by atoms with van der Waals surface area (Å²) in [4.78, 5) is 4.33. The zero-order valence-corrected chi connectivity index (χ0v) is 18.1. The molecule has 3 rings (SSSR count). The van der Waals surface area contributed by atoms with Crippen molar-refractivity contribution in [2.75, 3.05) is 45.3 Å². The van der Waals surface area contributed by atoms with E-state index in [4.69, 9.17) is 21.1 Å². The Morgan fingerprint density at radius 3 is 2.23 bits per heavy atom. The van der Waals surface area contributed by atoms with Crippen LogP contribution in [-0.2, 0) is 12.6 Å². The van der Waals surface area contributed by atoms with Gasteiger partial charge in [0, 0.05) is 37.9 Å². The van der Waals surface area contributed by atoms with Crippen LogP contribution in [0.5, 0.6) is 11.5 Å². The van der Waals surface area contributed by atoms with Crippen molar-refractivity contribution in [1.29, 1.82) is 0 Å². The molecule has 0 bridgehead atoms. The summed E-state index contributed by atoms with van der Waals surface area (Å²) < 4.78 is 50.1. The molecular formula is C22H26ClF3N2O2. The number of piperazine rings is 1. The van der Waals surface area contributed by atoms with Crippen LogP contribution < -0.4 is 14.4 Å². The molecule has 1 saturated heterocycles. The van der Waals surface area contributed by atoms with Crippen LogP contribution in [0.3, 0.4) is 0 Å². The topological polar surface area (TPSA) is 24.9 Å². The summed E-state index contributed by atoms with van der Waals surface area (Å²) in [6.07, 6.45) is -3.61. The quantitative estimate of drug-likeness (QED) is 0.619. The number of hydrogen-bond donors (Lipinski definition) is 0. The second-order valence-electron chi connectivity index (χ2n) is 7.43. The van der Waals surface area contributed by atoms with Crippen LogP contribution in [-0.4, -0.2) is 51.3 Å². The van der Waals surface area contributed by atoms with Gasteiger partial charge in [0.05, 0.1) is 24.8 Å². The Balaban J connectivity index is 1.62. The molecule has 1 aliphatic rings. The Hall–Kier alpha value is -2.12. The molecule has 0 spiro atoms. The van der Waals surface area contributed by atoms with Crippen molar-refractivity contribution in [2.24, 2.45) is 0 Å². The maximum Gasteiger partial charge on any atom is 0.417 e. The molecule has 0 aromatic heterocycles. The normalized spacial score (nSPS) is 16.4. The molecule has 1 aliphatic heterocycles. The Morgan fingerprint density at radius 1 is 0.967 bits per heavy atom. The third-order valence-corrected chi connectivity index (χ3v) is 5.87. The second-order valence-corrected chi connectivity index (χ2v) is 7.83. The van der Waals surface area contributed by atoms with Gasteiger partial charge in [0.2, 0.25) is 0 Å². The van der Waals surface area contributed by atoms with E-state index in [0.717, 1.165) is 31.1 Å². The van der Waals surface area contributed by atoms with Crippen LogP contribution in [0.25, 0.3) is 0 Å². The Labute approximate surface area is 180 Å². The van der Waals surface area contributed by atoms with Gasteiger partial charge in [-0.1, -0.05) is 17.7 Å². The number of nitrogens with zero attached hydrogens (tertiary/aromatic N) is 2. The summed E-state index contributed by atoms with van der Waals surface area (Å²) in [6.45, 7) is 5.04. The highest BCUT2D eigenvalue weighted by Gasteiger charge is 2.34. The molecule has 1 atom stereocenters. The number of rotatable bonds is 6. The predicted octanol–water partition coefficient (Wildman–Crippen LogP) is 5.13. The van der Waals surface area contributed by atoms with E-state index >= 15 is 0 Å². The minimum atomic E-state index is -4.46. The van der Waals surface area contributed by atoms with E-state index in [2.05, 4.69) is 11.8 Å². The molecule has 164 valence electrons. The van der Waals surface area contributed by atoms with E-state index in [1.54, 1.807) is 20.3 Å². The van der Waals surface area contributed by atoms with E-state index in [1.165, 1.54) is 6.07 Å². The van der Waals surface area contributed by atoms with Crippen molar-refractivity contribution in [2.45, 2.75) is 25.6 Å². The van der Waals surface area contributed by atoms with Crippen LogP contribution in [0.2, 0.25) is 5.02 Å². The van der Waals surface area contributed by atoms with Gasteiger partial charge >= 0.3 is 6.18 Å². The fourth-order valence-electron chi connectivity index (χ4n) is 3.83. The summed E-state index contributed by atoms with van der Waals surface area (Å²) in [5.74, 6) is 1.40. The molecule has 0 amide bonds. The number of halogens is 4. The highest BCUT2D eigenvalue weighted by molar-refractivity contribution is 6.31. The predicted molar refractivity (Wildman–Crippen MR) is 113 cm³/mol. The number of alkyl halides is 3. The van der Waals surface area contributed by atoms with E-state index < -0.39 is 11.7 Å². The van der Waals surface area contributed by atoms with E-state index in [9.17, 15) is 13.2 Å². The minimum Gasteiger partial charge on any atom is -0.493 e. The molecule has 1 heterocycles. The summed E-state index contributed by atoms with van der Waals surface area (Å²) in [6, 6.07) is 10.3. The maximum atomic E-state index is 13.1. The van der Waals surface area contributed by atoms with Crippen LogP contribution in [0.1, 0.15) is 18.1 Å². The Bertz CT molecular complexity index is 868. The fraction of sp³-hybridized carbons (Fsp3) is 0.455. The molecule has 0 N–H and O–H groups in total. The average molecular weight is 443 g/mol. The molecule has 0 unspecified atom stereocenters. The fourth-order valence-corrected chi connectivity index (χ4v) is 4.05. The second kappa shape index (κ2) is 9.35. The largest absolute Gasteiger partial charge is 0.493 e. The van der Waals surface area contributed by atoms with Gasteiger partial charge in [0.25, 0.3) is 0 Å². The highest BCUT2D eigenvalue weighted by Crippen LogP contribution is 2.37. The lowest BCUT2D eigenvalue weighted by Crippen LogP contribution is -2.50. The first-order valence-electron chi connectivity index (χ1n) is 9.79. The van der Waals surface area contributed by atoms with Crippen molar-refractivity contribution >= 4 is 17.3 Å². The number of methoxy groups -OCH3 is 2. The van der Waals surface area contributed by atoms with Crippen molar-refractivity contribution in [3.05, 3.63) is 52.5 Å². The highest BCUT2D eigenvalue weighted by atomic mass is 35.5. The minimum absolute atomic E-state index is 0.270. The van der Waals surface area contributed by atoms with Crippen molar-refractivity contribution < 1.29 is 22.6 Å². The number of ether oxygens (including phenoxy) is 2. The molecule has 0 aliphatic carbocycles. The average Bonchev–Trinajstić information content (AvgIpc) is 2.73. The van der Waals surface area contributed by atoms with Gasteiger partial charge in [-0.15, -0.1) is 0 Å². The first-order chi connectivity index (χ1) is 14.2. The van der Waals surface area contributed by atoms with Gasteiger partial charge < -0.3 is 14.4 Å². The molecule has 2 aromatic carbocycles. The van der Waals surface area contributed by atoms with E-state index in [-0.39, 0.29) is 5.02 Å². The Kier molecular flexibility index (Phi) is 7.03. The van der Waals surface area contributed by atoms with E-state index in [0.29, 0.717) is 36.3 Å². The molecular weight excluding hydrogens is 417 g/mol. The molecule has 8 heteroatoms. The molecule has 2 aromatic rings. The number of benzene rings is 2. The first-order valence-corrected chi connectivity index (χ1v) is 10.2. The lowest BCUT2D eigenvalue weighted by Gasteiger charge is -2.39. The first kappa shape index (κ1) is 22.6. The number of hydrogen-bond acceptors (Lipinski definition) is 4. The summed E-state index contributed by atoms with van der Waals surface area (Å²) in [7, 11) is 3.23. The summed E-state index contributed by atoms with van der Waals surface area (Å²) in [5, 5.41) is -0.270. The molecule has 30 heavy (non-hydrogen) atoms. The van der Waals surface area contributed by atoms with Gasteiger partial charge in [0.15, 0.2) is 11.5 Å². The summed E-state index contributed by atoms with van der Waals surface area (Å²) >= 11 is 5.74. The smallest absolute Gasteiger partial charge is 0.417 e. The lowest BCUT2D eigenvalue weighted by molar-refractivity contribution is -0.137.